The zero-order chi connectivity index (χ0) is 9.94. The van der Waals surface area contributed by atoms with Gasteiger partial charge in [0.25, 0.3) is 0 Å². The molecule has 0 amide bonds. The molecule has 0 saturated heterocycles. The summed E-state index contributed by atoms with van der Waals surface area (Å²) < 4.78 is 5.00. The highest BCUT2D eigenvalue weighted by Gasteiger charge is 2.05. The van der Waals surface area contributed by atoms with E-state index in [-0.39, 0.29) is 0 Å². The summed E-state index contributed by atoms with van der Waals surface area (Å²) in [7, 11) is 1.77. The highest BCUT2D eigenvalue weighted by Crippen LogP contribution is 2.16. The van der Waals surface area contributed by atoms with Crippen molar-refractivity contribution in [1.29, 1.82) is 0 Å². The molecule has 1 unspecified atom stereocenters. The Kier molecular flexibility index (Phi) is 11.5. The summed E-state index contributed by atoms with van der Waals surface area (Å²) in [5.41, 5.74) is 0. The van der Waals surface area contributed by atoms with Crippen LogP contribution in [0.4, 0.5) is 0 Å². The monoisotopic (exact) mass is 268 g/mol. The van der Waals surface area contributed by atoms with Crippen molar-refractivity contribution in [3.63, 3.8) is 0 Å². The average Bonchev–Trinajstić information content (AvgIpc) is 2.16. The fourth-order valence-corrected chi connectivity index (χ4v) is 3.13. The van der Waals surface area contributed by atoms with Gasteiger partial charge in [0.1, 0.15) is 0 Å². The Morgan fingerprint density at radius 1 is 1.46 bits per heavy atom. The van der Waals surface area contributed by atoms with Crippen LogP contribution in [-0.4, -0.2) is 30.6 Å². The van der Waals surface area contributed by atoms with Gasteiger partial charge in [-0.3, -0.25) is 0 Å². The van der Waals surface area contributed by atoms with Crippen molar-refractivity contribution in [3.8, 4) is 0 Å². The van der Waals surface area contributed by atoms with Crippen molar-refractivity contribution in [2.45, 2.75) is 26.2 Å². The quantitative estimate of drug-likeness (QED) is 0.467. The first-order chi connectivity index (χ1) is 6.35. The number of hydrogen-bond acceptors (Lipinski definition) is 2. The molecule has 13 heavy (non-hydrogen) atoms. The van der Waals surface area contributed by atoms with E-state index in [2.05, 4.69) is 34.6 Å². The fourth-order valence-electron chi connectivity index (χ4n) is 1.17. The predicted molar refractivity (Wildman–Crippen MR) is 66.0 cm³/mol. The maximum atomic E-state index is 5.00. The SMILES string of the molecule is CCCC(CBr)CSCCCOC. The summed E-state index contributed by atoms with van der Waals surface area (Å²) in [6, 6.07) is 0. The van der Waals surface area contributed by atoms with Gasteiger partial charge < -0.3 is 4.74 Å². The molecule has 0 aliphatic rings. The molecule has 0 aliphatic heterocycles. The molecule has 0 aromatic heterocycles. The molecule has 3 heteroatoms. The Balaban J connectivity index is 3.17. The Hall–Kier alpha value is 0.790. The molecule has 0 aromatic carbocycles. The lowest BCUT2D eigenvalue weighted by molar-refractivity contribution is 0.200. The van der Waals surface area contributed by atoms with Crippen LogP contribution in [0.5, 0.6) is 0 Å². The number of rotatable bonds is 9. The summed E-state index contributed by atoms with van der Waals surface area (Å²) in [5, 5.41) is 1.15. The Bertz CT molecular complexity index is 101. The van der Waals surface area contributed by atoms with Crippen LogP contribution in [0.3, 0.4) is 0 Å². The molecule has 0 aromatic rings. The summed E-state index contributed by atoms with van der Waals surface area (Å²) in [5.74, 6) is 3.39. The van der Waals surface area contributed by atoms with Crippen LogP contribution in [0.15, 0.2) is 0 Å². The first-order valence-corrected chi connectivity index (χ1v) is 7.25. The van der Waals surface area contributed by atoms with Gasteiger partial charge in [0.05, 0.1) is 0 Å². The Morgan fingerprint density at radius 3 is 2.77 bits per heavy atom. The van der Waals surface area contributed by atoms with Gasteiger partial charge in [0.2, 0.25) is 0 Å². The van der Waals surface area contributed by atoms with E-state index in [0.717, 1.165) is 17.9 Å². The number of halogens is 1. The lowest BCUT2D eigenvalue weighted by atomic mass is 10.1. The van der Waals surface area contributed by atoms with E-state index in [1.165, 1.54) is 30.8 Å². The molecule has 0 heterocycles. The van der Waals surface area contributed by atoms with Gasteiger partial charge in [-0.25, -0.2) is 0 Å². The zero-order valence-electron chi connectivity index (χ0n) is 8.72. The van der Waals surface area contributed by atoms with Gasteiger partial charge in [0, 0.05) is 19.0 Å². The molecular formula is C10H21BrOS. The normalized spacial score (nSPS) is 13.2. The van der Waals surface area contributed by atoms with E-state index in [9.17, 15) is 0 Å². The van der Waals surface area contributed by atoms with Gasteiger partial charge in [-0.15, -0.1) is 0 Å². The third kappa shape index (κ3) is 9.10. The first kappa shape index (κ1) is 13.8. The van der Waals surface area contributed by atoms with E-state index in [1.807, 2.05) is 0 Å². The Labute approximate surface area is 95.1 Å². The van der Waals surface area contributed by atoms with Crippen molar-refractivity contribution in [3.05, 3.63) is 0 Å². The topological polar surface area (TPSA) is 9.23 Å². The molecule has 0 bridgehead atoms. The molecule has 0 radical (unpaired) electrons. The summed E-state index contributed by atoms with van der Waals surface area (Å²) in [4.78, 5) is 0. The third-order valence-electron chi connectivity index (χ3n) is 1.91. The minimum atomic E-state index is 0.859. The van der Waals surface area contributed by atoms with Crippen LogP contribution < -0.4 is 0 Å². The van der Waals surface area contributed by atoms with E-state index >= 15 is 0 Å². The molecule has 1 nitrogen and oxygen atoms in total. The first-order valence-electron chi connectivity index (χ1n) is 4.97. The minimum absolute atomic E-state index is 0.859. The predicted octanol–water partition coefficient (Wildman–Crippen LogP) is 3.57. The lowest BCUT2D eigenvalue weighted by Gasteiger charge is -2.11. The van der Waals surface area contributed by atoms with Crippen LogP contribution in [-0.2, 0) is 4.74 Å². The Morgan fingerprint density at radius 2 is 2.23 bits per heavy atom. The standard InChI is InChI=1S/C10H21BrOS/c1-3-5-10(8-11)9-13-7-4-6-12-2/h10H,3-9H2,1-2H3. The highest BCUT2D eigenvalue weighted by molar-refractivity contribution is 9.09. The number of alkyl halides is 1. The second-order valence-corrected chi connectivity index (χ2v) is 5.03. The van der Waals surface area contributed by atoms with Gasteiger partial charge in [-0.2, -0.15) is 11.8 Å². The lowest BCUT2D eigenvalue weighted by Crippen LogP contribution is -2.05. The number of thioether (sulfide) groups is 1. The fraction of sp³-hybridized carbons (Fsp3) is 1.00. The molecule has 80 valence electrons. The molecule has 0 rings (SSSR count). The number of hydrogen-bond donors (Lipinski definition) is 0. The average molecular weight is 269 g/mol. The molecule has 0 spiro atoms. The van der Waals surface area contributed by atoms with E-state index in [0.29, 0.717) is 0 Å². The third-order valence-corrected chi connectivity index (χ3v) is 4.11. The zero-order valence-corrected chi connectivity index (χ0v) is 11.1. The molecule has 0 saturated carbocycles. The van der Waals surface area contributed by atoms with Crippen molar-refractivity contribution < 1.29 is 4.74 Å². The summed E-state index contributed by atoms with van der Waals surface area (Å²) in [6.45, 7) is 3.16. The molecule has 1 atom stereocenters. The van der Waals surface area contributed by atoms with Crippen LogP contribution in [0.2, 0.25) is 0 Å². The van der Waals surface area contributed by atoms with Crippen molar-refractivity contribution in [1.82, 2.24) is 0 Å². The largest absolute Gasteiger partial charge is 0.385 e. The van der Waals surface area contributed by atoms with Gasteiger partial charge in [-0.05, 0) is 30.3 Å². The summed E-state index contributed by atoms with van der Waals surface area (Å²) in [6.07, 6.45) is 3.83. The smallest absolute Gasteiger partial charge is 0.0470 e. The van der Waals surface area contributed by atoms with E-state index in [1.54, 1.807) is 7.11 Å². The number of ether oxygens (including phenoxy) is 1. The van der Waals surface area contributed by atoms with E-state index in [4.69, 9.17) is 4.74 Å². The molecule has 0 N–H and O–H groups in total. The second-order valence-electron chi connectivity index (χ2n) is 3.23. The van der Waals surface area contributed by atoms with Gasteiger partial charge >= 0.3 is 0 Å². The molecule has 0 fully saturated rings. The van der Waals surface area contributed by atoms with Crippen molar-refractivity contribution in [2.75, 3.05) is 30.6 Å². The maximum Gasteiger partial charge on any atom is 0.0470 e. The number of methoxy groups -OCH3 is 1. The van der Waals surface area contributed by atoms with Gasteiger partial charge in [-0.1, -0.05) is 29.3 Å². The van der Waals surface area contributed by atoms with Crippen LogP contribution in [0.25, 0.3) is 0 Å². The van der Waals surface area contributed by atoms with Crippen molar-refractivity contribution >= 4 is 27.7 Å². The molecular weight excluding hydrogens is 248 g/mol. The van der Waals surface area contributed by atoms with Crippen LogP contribution >= 0.6 is 27.7 Å². The minimum Gasteiger partial charge on any atom is -0.385 e. The van der Waals surface area contributed by atoms with Crippen LogP contribution in [0, 0.1) is 5.92 Å². The second kappa shape index (κ2) is 10.9. The van der Waals surface area contributed by atoms with E-state index < -0.39 is 0 Å². The van der Waals surface area contributed by atoms with Gasteiger partial charge in [0.15, 0.2) is 0 Å². The molecule has 0 aliphatic carbocycles. The van der Waals surface area contributed by atoms with Crippen LogP contribution in [0.1, 0.15) is 26.2 Å². The maximum absolute atomic E-state index is 5.00. The summed E-state index contributed by atoms with van der Waals surface area (Å²) >= 11 is 5.62. The van der Waals surface area contributed by atoms with Crippen molar-refractivity contribution in [2.24, 2.45) is 5.92 Å². The highest BCUT2D eigenvalue weighted by atomic mass is 79.9.